The molecule has 8 heteroatoms. The number of aromatic amines is 2. The summed E-state index contributed by atoms with van der Waals surface area (Å²) in [5.74, 6) is 0.527. The number of piperidine rings is 1. The first-order chi connectivity index (χ1) is 13.0. The van der Waals surface area contributed by atoms with Crippen molar-refractivity contribution in [2.24, 2.45) is 7.05 Å². The van der Waals surface area contributed by atoms with Crippen molar-refractivity contribution in [3.8, 4) is 0 Å². The van der Waals surface area contributed by atoms with Crippen LogP contribution in [-0.2, 0) is 18.3 Å². The van der Waals surface area contributed by atoms with Crippen LogP contribution < -0.4 is 5.56 Å². The number of likely N-dealkylation sites (tertiary alicyclic amines) is 1. The van der Waals surface area contributed by atoms with Crippen LogP contribution in [0.4, 0.5) is 0 Å². The molecule has 0 aromatic carbocycles. The number of hydrogen-bond acceptors (Lipinski definition) is 4. The second-order valence-corrected chi connectivity index (χ2v) is 7.34. The second kappa shape index (κ2) is 6.68. The van der Waals surface area contributed by atoms with Gasteiger partial charge in [0.15, 0.2) is 5.65 Å². The van der Waals surface area contributed by atoms with E-state index in [1.165, 1.54) is 0 Å². The van der Waals surface area contributed by atoms with E-state index in [1.807, 2.05) is 24.8 Å². The molecule has 0 atom stereocenters. The molecule has 1 aliphatic rings. The highest BCUT2D eigenvalue weighted by Crippen LogP contribution is 2.27. The normalized spacial score (nSPS) is 15.6. The molecule has 2 N–H and O–H groups in total. The molecule has 3 aromatic rings. The summed E-state index contributed by atoms with van der Waals surface area (Å²) in [6, 6.07) is 2.01. The minimum Gasteiger partial charge on any atom is -0.342 e. The van der Waals surface area contributed by atoms with Crippen LogP contribution in [0.5, 0.6) is 0 Å². The minimum atomic E-state index is -0.161. The van der Waals surface area contributed by atoms with Gasteiger partial charge in [-0.3, -0.25) is 24.5 Å². The minimum absolute atomic E-state index is 0.0952. The molecule has 27 heavy (non-hydrogen) atoms. The third-order valence-electron chi connectivity index (χ3n) is 5.71. The van der Waals surface area contributed by atoms with E-state index in [4.69, 9.17) is 0 Å². The van der Waals surface area contributed by atoms with Gasteiger partial charge in [-0.15, -0.1) is 0 Å². The predicted octanol–water partition coefficient (Wildman–Crippen LogP) is 1.55. The van der Waals surface area contributed by atoms with Gasteiger partial charge >= 0.3 is 0 Å². The maximum Gasteiger partial charge on any atom is 0.273 e. The lowest BCUT2D eigenvalue weighted by atomic mass is 9.93. The lowest BCUT2D eigenvalue weighted by Crippen LogP contribution is -2.39. The standard InChI is InChI=1S/C19H24N6O2/c1-11-14(12(2)21-18-17(11)19(27)23-24(18)3)10-16(26)25-8-5-13(6-9-25)15-4-7-20-22-15/h4,7,13H,5-6,8-10H2,1-3H3,(H,20,22)(H,23,27). The molecule has 1 fully saturated rings. The first kappa shape index (κ1) is 17.5. The molecule has 1 aliphatic heterocycles. The van der Waals surface area contributed by atoms with Crippen LogP contribution >= 0.6 is 0 Å². The molecule has 1 saturated heterocycles. The van der Waals surface area contributed by atoms with E-state index in [-0.39, 0.29) is 17.9 Å². The smallest absolute Gasteiger partial charge is 0.273 e. The molecule has 0 spiro atoms. The van der Waals surface area contributed by atoms with E-state index in [0.29, 0.717) is 17.0 Å². The molecule has 0 unspecified atom stereocenters. The second-order valence-electron chi connectivity index (χ2n) is 7.34. The van der Waals surface area contributed by atoms with Gasteiger partial charge in [-0.1, -0.05) is 0 Å². The van der Waals surface area contributed by atoms with Crippen LogP contribution in [0.1, 0.15) is 41.3 Å². The highest BCUT2D eigenvalue weighted by Gasteiger charge is 2.26. The Balaban J connectivity index is 1.52. The molecule has 142 valence electrons. The zero-order chi connectivity index (χ0) is 19.1. The van der Waals surface area contributed by atoms with E-state index < -0.39 is 0 Å². The summed E-state index contributed by atoms with van der Waals surface area (Å²) in [6.07, 6.45) is 3.92. The average molecular weight is 368 g/mol. The van der Waals surface area contributed by atoms with Crippen LogP contribution in [0.2, 0.25) is 0 Å². The molecule has 0 saturated carbocycles. The number of fused-ring (bicyclic) bond motifs is 1. The van der Waals surface area contributed by atoms with Crippen molar-refractivity contribution in [2.45, 2.75) is 39.0 Å². The van der Waals surface area contributed by atoms with Gasteiger partial charge in [0, 0.05) is 43.6 Å². The van der Waals surface area contributed by atoms with Crippen LogP contribution in [0.25, 0.3) is 11.0 Å². The van der Waals surface area contributed by atoms with E-state index >= 15 is 0 Å². The van der Waals surface area contributed by atoms with Crippen molar-refractivity contribution < 1.29 is 4.79 Å². The number of nitrogens with one attached hydrogen (secondary N) is 2. The molecule has 4 rings (SSSR count). The van der Waals surface area contributed by atoms with Gasteiger partial charge in [0.1, 0.15) is 0 Å². The summed E-state index contributed by atoms with van der Waals surface area (Å²) in [6.45, 7) is 5.28. The van der Waals surface area contributed by atoms with E-state index in [1.54, 1.807) is 17.9 Å². The Labute approximate surface area is 156 Å². The quantitative estimate of drug-likeness (QED) is 0.732. The molecule has 8 nitrogen and oxygen atoms in total. The fourth-order valence-electron chi connectivity index (χ4n) is 4.11. The molecule has 3 aromatic heterocycles. The van der Waals surface area contributed by atoms with Crippen molar-refractivity contribution in [2.75, 3.05) is 13.1 Å². The fraction of sp³-hybridized carbons (Fsp3) is 0.474. The summed E-state index contributed by atoms with van der Waals surface area (Å²) >= 11 is 0. The van der Waals surface area contributed by atoms with Gasteiger partial charge in [-0.2, -0.15) is 5.10 Å². The first-order valence-electron chi connectivity index (χ1n) is 9.27. The summed E-state index contributed by atoms with van der Waals surface area (Å²) in [7, 11) is 1.77. The number of hydrogen-bond donors (Lipinski definition) is 2. The number of rotatable bonds is 3. The van der Waals surface area contributed by atoms with E-state index in [2.05, 4.69) is 20.3 Å². The Kier molecular flexibility index (Phi) is 4.33. The number of H-pyrrole nitrogens is 2. The number of carbonyl (C=O) groups excluding carboxylic acids is 1. The van der Waals surface area contributed by atoms with Gasteiger partial charge in [0.2, 0.25) is 5.91 Å². The summed E-state index contributed by atoms with van der Waals surface area (Å²) in [4.78, 5) is 31.6. The molecule has 0 aliphatic carbocycles. The van der Waals surface area contributed by atoms with E-state index in [0.717, 1.165) is 48.4 Å². The number of carbonyl (C=O) groups is 1. The maximum atomic E-state index is 12.9. The SMILES string of the molecule is Cc1nc2c(c(C)c1CC(=O)N1CCC(c3ccn[nH]3)CC1)c(=O)[nH]n2C. The van der Waals surface area contributed by atoms with Crippen molar-refractivity contribution in [3.05, 3.63) is 45.1 Å². The Morgan fingerprint density at radius 2 is 2.04 bits per heavy atom. The largest absolute Gasteiger partial charge is 0.342 e. The molecular weight excluding hydrogens is 344 g/mol. The number of nitrogens with zero attached hydrogens (tertiary/aromatic N) is 4. The first-order valence-corrected chi connectivity index (χ1v) is 9.27. The third kappa shape index (κ3) is 3.05. The number of amides is 1. The summed E-state index contributed by atoms with van der Waals surface area (Å²) < 4.78 is 1.63. The predicted molar refractivity (Wildman–Crippen MR) is 102 cm³/mol. The Hall–Kier alpha value is -2.90. The Bertz CT molecular complexity index is 1040. The maximum absolute atomic E-state index is 12.9. The van der Waals surface area contributed by atoms with Crippen molar-refractivity contribution in [1.82, 2.24) is 29.9 Å². The van der Waals surface area contributed by atoms with Crippen LogP contribution in [-0.4, -0.2) is 48.9 Å². The third-order valence-corrected chi connectivity index (χ3v) is 5.71. The van der Waals surface area contributed by atoms with E-state index in [9.17, 15) is 9.59 Å². The monoisotopic (exact) mass is 368 g/mol. The van der Waals surface area contributed by atoms with Crippen molar-refractivity contribution >= 4 is 16.9 Å². The van der Waals surface area contributed by atoms with Gasteiger partial charge in [0.05, 0.1) is 11.8 Å². The zero-order valence-corrected chi connectivity index (χ0v) is 15.9. The lowest BCUT2D eigenvalue weighted by Gasteiger charge is -2.31. The topological polar surface area (TPSA) is 99.7 Å². The van der Waals surface area contributed by atoms with Gasteiger partial charge < -0.3 is 4.90 Å². The molecular formula is C19H24N6O2. The van der Waals surface area contributed by atoms with Gasteiger partial charge in [-0.25, -0.2) is 4.98 Å². The molecule has 0 radical (unpaired) electrons. The zero-order valence-electron chi connectivity index (χ0n) is 15.9. The van der Waals surface area contributed by atoms with Gasteiger partial charge in [-0.05, 0) is 43.9 Å². The Morgan fingerprint density at radius 3 is 2.70 bits per heavy atom. The molecule has 4 heterocycles. The average Bonchev–Trinajstić information content (AvgIpc) is 3.27. The number of aryl methyl sites for hydroxylation is 3. The molecule has 1 amide bonds. The number of aromatic nitrogens is 5. The van der Waals surface area contributed by atoms with Gasteiger partial charge in [0.25, 0.3) is 5.56 Å². The van der Waals surface area contributed by atoms with Crippen LogP contribution in [0, 0.1) is 13.8 Å². The number of pyridine rings is 1. The van der Waals surface area contributed by atoms with Crippen molar-refractivity contribution in [3.63, 3.8) is 0 Å². The summed E-state index contributed by atoms with van der Waals surface area (Å²) in [5.41, 5.74) is 4.13. The van der Waals surface area contributed by atoms with Crippen LogP contribution in [0.15, 0.2) is 17.1 Å². The highest BCUT2D eigenvalue weighted by atomic mass is 16.2. The Morgan fingerprint density at radius 1 is 1.30 bits per heavy atom. The fourth-order valence-corrected chi connectivity index (χ4v) is 4.11. The summed E-state index contributed by atoms with van der Waals surface area (Å²) in [5, 5.41) is 10.4. The van der Waals surface area contributed by atoms with Crippen molar-refractivity contribution in [1.29, 1.82) is 0 Å². The lowest BCUT2D eigenvalue weighted by molar-refractivity contribution is -0.131. The highest BCUT2D eigenvalue weighted by molar-refractivity contribution is 5.84. The van der Waals surface area contributed by atoms with Crippen LogP contribution in [0.3, 0.4) is 0 Å². The molecule has 0 bridgehead atoms.